The Morgan fingerprint density at radius 2 is 1.61 bits per heavy atom. The molecule has 1 atom stereocenters. The van der Waals surface area contributed by atoms with E-state index in [0.29, 0.717) is 43.7 Å². The Morgan fingerprint density at radius 1 is 0.891 bits per heavy atom. The largest absolute Gasteiger partial charge is 0.490 e. The summed E-state index contributed by atoms with van der Waals surface area (Å²) in [6.07, 6.45) is 1.81. The third-order valence-corrected chi connectivity index (χ3v) is 8.75. The van der Waals surface area contributed by atoms with E-state index in [1.165, 1.54) is 11.3 Å². The molecule has 0 radical (unpaired) electrons. The highest BCUT2D eigenvalue weighted by atomic mass is 35.5. The summed E-state index contributed by atoms with van der Waals surface area (Å²) in [6, 6.07) is 31.3. The smallest absolute Gasteiger partial charge is 0.338 e. The second-order valence-electron chi connectivity index (χ2n) is 10.4. The van der Waals surface area contributed by atoms with Gasteiger partial charge in [-0.3, -0.25) is 9.36 Å². The molecule has 1 aliphatic rings. The number of hydrogen-bond donors (Lipinski definition) is 0. The molecule has 0 saturated heterocycles. The van der Waals surface area contributed by atoms with Gasteiger partial charge in [-0.25, -0.2) is 9.79 Å². The molecule has 7 nitrogen and oxygen atoms in total. The van der Waals surface area contributed by atoms with Gasteiger partial charge in [-0.2, -0.15) is 0 Å². The van der Waals surface area contributed by atoms with Gasteiger partial charge in [0.25, 0.3) is 5.56 Å². The van der Waals surface area contributed by atoms with Crippen molar-refractivity contribution in [3.63, 3.8) is 0 Å². The molecular formula is C37H31ClN2O5S. The molecular weight excluding hydrogens is 620 g/mol. The predicted molar refractivity (Wildman–Crippen MR) is 181 cm³/mol. The Hall–Kier alpha value is -4.92. The van der Waals surface area contributed by atoms with Crippen LogP contribution in [0.1, 0.15) is 42.1 Å². The molecule has 0 bridgehead atoms. The summed E-state index contributed by atoms with van der Waals surface area (Å²) in [5, 5.41) is 0.628. The Kier molecular flexibility index (Phi) is 9.47. The minimum Gasteiger partial charge on any atom is -0.490 e. The molecule has 0 unspecified atom stereocenters. The van der Waals surface area contributed by atoms with Crippen LogP contribution in [0.2, 0.25) is 5.02 Å². The van der Waals surface area contributed by atoms with Gasteiger partial charge in [0.1, 0.15) is 6.61 Å². The fraction of sp³-hybridized carbons (Fsp3) is 0.162. The van der Waals surface area contributed by atoms with Gasteiger partial charge in [-0.15, -0.1) is 0 Å². The number of benzene rings is 4. The highest BCUT2D eigenvalue weighted by Crippen LogP contribution is 2.35. The van der Waals surface area contributed by atoms with Crippen LogP contribution in [0.5, 0.6) is 11.5 Å². The van der Waals surface area contributed by atoms with Crippen molar-refractivity contribution < 1.29 is 19.0 Å². The first-order chi connectivity index (χ1) is 22.5. The SMILES string of the molecule is CCOC(=O)C1=C(c2ccccc2)N=c2s/c(=C/c3ccc(OCc4ccccc4Cl)c(OCC)c3)c(=O)n2[C@@H]1c1ccccc1. The van der Waals surface area contributed by atoms with Crippen LogP contribution in [0, 0.1) is 0 Å². The number of esters is 1. The van der Waals surface area contributed by atoms with Gasteiger partial charge in [-0.1, -0.05) is 108 Å². The number of rotatable bonds is 10. The molecule has 0 amide bonds. The van der Waals surface area contributed by atoms with E-state index in [2.05, 4.69) is 0 Å². The normalized spacial score (nSPS) is 14.4. The summed E-state index contributed by atoms with van der Waals surface area (Å²) in [6.45, 7) is 4.57. The first kappa shape index (κ1) is 31.1. The molecule has 1 aromatic heterocycles. The maximum Gasteiger partial charge on any atom is 0.338 e. The number of ether oxygens (including phenoxy) is 3. The lowest BCUT2D eigenvalue weighted by atomic mass is 9.93. The quantitative estimate of drug-likeness (QED) is 0.160. The van der Waals surface area contributed by atoms with Gasteiger partial charge in [0.15, 0.2) is 16.3 Å². The number of halogens is 1. The maximum absolute atomic E-state index is 14.2. The molecule has 9 heteroatoms. The van der Waals surface area contributed by atoms with E-state index in [-0.39, 0.29) is 18.8 Å². The first-order valence-corrected chi connectivity index (χ1v) is 16.1. The molecule has 1 aliphatic heterocycles. The molecule has 0 N–H and O–H groups in total. The monoisotopic (exact) mass is 650 g/mol. The van der Waals surface area contributed by atoms with E-state index in [0.717, 1.165) is 22.3 Å². The molecule has 5 aromatic rings. The van der Waals surface area contributed by atoms with Gasteiger partial charge in [-0.05, 0) is 49.2 Å². The van der Waals surface area contributed by atoms with Crippen molar-refractivity contribution in [1.29, 1.82) is 0 Å². The number of carbonyl (C=O) groups excluding carboxylic acids is 1. The highest BCUT2D eigenvalue weighted by molar-refractivity contribution is 7.07. The van der Waals surface area contributed by atoms with E-state index in [9.17, 15) is 9.59 Å². The fourth-order valence-corrected chi connectivity index (χ4v) is 6.51. The second kappa shape index (κ2) is 14.0. The Balaban J connectivity index is 1.47. The minimum absolute atomic E-state index is 0.191. The first-order valence-electron chi connectivity index (χ1n) is 14.9. The van der Waals surface area contributed by atoms with E-state index in [1.807, 2.05) is 116 Å². The second-order valence-corrected chi connectivity index (χ2v) is 11.8. The lowest BCUT2D eigenvalue weighted by molar-refractivity contribution is -0.138. The standard InChI is InChI=1S/C37H31ClN2O5S/c1-3-43-30-21-24(19-20-29(30)45-23-27-17-11-12-18-28(27)38)22-31-35(41)40-34(26-15-9-6-10-16-26)32(36(42)44-4-2)33(39-37(40)46-31)25-13-7-5-8-14-25/h5-22,34H,3-4,23H2,1-2H3/b31-22+/t34-/m1/s1. The molecule has 46 heavy (non-hydrogen) atoms. The van der Waals surface area contributed by atoms with Gasteiger partial charge in [0.2, 0.25) is 0 Å². The summed E-state index contributed by atoms with van der Waals surface area (Å²) in [5.74, 6) is 0.604. The van der Waals surface area contributed by atoms with Crippen LogP contribution in [-0.4, -0.2) is 23.8 Å². The van der Waals surface area contributed by atoms with Crippen LogP contribution in [0.4, 0.5) is 0 Å². The van der Waals surface area contributed by atoms with Gasteiger partial charge < -0.3 is 14.2 Å². The number of hydrogen-bond acceptors (Lipinski definition) is 7. The Labute approximate surface area is 275 Å². The molecule has 0 saturated carbocycles. The van der Waals surface area contributed by atoms with Crippen LogP contribution in [0.25, 0.3) is 11.8 Å². The Bertz CT molecular complexity index is 2090. The van der Waals surface area contributed by atoms with Crippen molar-refractivity contribution in [3.8, 4) is 11.5 Å². The van der Waals surface area contributed by atoms with Crippen LogP contribution >= 0.6 is 22.9 Å². The van der Waals surface area contributed by atoms with Crippen molar-refractivity contribution in [2.75, 3.05) is 13.2 Å². The van der Waals surface area contributed by atoms with Gasteiger partial charge in [0.05, 0.1) is 35.1 Å². The maximum atomic E-state index is 14.2. The minimum atomic E-state index is -0.728. The number of fused-ring (bicyclic) bond motifs is 1. The topological polar surface area (TPSA) is 79.1 Å². The summed E-state index contributed by atoms with van der Waals surface area (Å²) in [7, 11) is 0. The molecule has 232 valence electrons. The van der Waals surface area contributed by atoms with Gasteiger partial charge >= 0.3 is 5.97 Å². The zero-order valence-corrected chi connectivity index (χ0v) is 26.9. The molecule has 0 spiro atoms. The average molecular weight is 651 g/mol. The van der Waals surface area contributed by atoms with Crippen LogP contribution in [0.15, 0.2) is 118 Å². The van der Waals surface area contributed by atoms with Crippen molar-refractivity contribution in [3.05, 3.63) is 156 Å². The van der Waals surface area contributed by atoms with E-state index < -0.39 is 12.0 Å². The van der Waals surface area contributed by atoms with Crippen LogP contribution < -0.4 is 24.4 Å². The van der Waals surface area contributed by atoms with E-state index in [4.69, 9.17) is 30.8 Å². The average Bonchev–Trinajstić information content (AvgIpc) is 3.39. The number of carbonyl (C=O) groups is 1. The number of nitrogens with zero attached hydrogens (tertiary/aromatic N) is 2. The zero-order valence-electron chi connectivity index (χ0n) is 25.3. The van der Waals surface area contributed by atoms with Gasteiger partial charge in [0, 0.05) is 16.1 Å². The molecule has 4 aromatic carbocycles. The fourth-order valence-electron chi connectivity index (χ4n) is 5.32. The molecule has 0 fully saturated rings. The third kappa shape index (κ3) is 6.40. The number of thiazole rings is 1. The molecule has 0 aliphatic carbocycles. The third-order valence-electron chi connectivity index (χ3n) is 7.40. The zero-order chi connectivity index (χ0) is 32.0. The number of aromatic nitrogens is 1. The van der Waals surface area contributed by atoms with Crippen molar-refractivity contribution in [2.45, 2.75) is 26.5 Å². The summed E-state index contributed by atoms with van der Waals surface area (Å²) < 4.78 is 19.6. The Morgan fingerprint density at radius 3 is 2.33 bits per heavy atom. The predicted octanol–water partition coefficient (Wildman–Crippen LogP) is 6.57. The molecule has 2 heterocycles. The summed E-state index contributed by atoms with van der Waals surface area (Å²) >= 11 is 7.59. The summed E-state index contributed by atoms with van der Waals surface area (Å²) in [5.41, 5.74) is 3.70. The van der Waals surface area contributed by atoms with E-state index in [1.54, 1.807) is 11.5 Å². The van der Waals surface area contributed by atoms with E-state index >= 15 is 0 Å². The van der Waals surface area contributed by atoms with Crippen molar-refractivity contribution >= 4 is 40.7 Å². The highest BCUT2D eigenvalue weighted by Gasteiger charge is 2.35. The van der Waals surface area contributed by atoms with Crippen LogP contribution in [0.3, 0.4) is 0 Å². The van der Waals surface area contributed by atoms with Crippen molar-refractivity contribution in [2.24, 2.45) is 4.99 Å². The lowest BCUT2D eigenvalue weighted by Crippen LogP contribution is -2.39. The lowest BCUT2D eigenvalue weighted by Gasteiger charge is -2.25. The van der Waals surface area contributed by atoms with Crippen LogP contribution in [-0.2, 0) is 16.1 Å². The molecule has 6 rings (SSSR count). The van der Waals surface area contributed by atoms with Crippen molar-refractivity contribution in [1.82, 2.24) is 4.57 Å². The summed E-state index contributed by atoms with van der Waals surface area (Å²) in [4.78, 5) is 33.2.